The van der Waals surface area contributed by atoms with Crippen LogP contribution in [0, 0.1) is 0 Å². The number of hydrogen-bond acceptors (Lipinski definition) is 4. The van der Waals surface area contributed by atoms with Gasteiger partial charge in [-0.25, -0.2) is 0 Å². The molecule has 27 heavy (non-hydrogen) atoms. The second kappa shape index (κ2) is 10.7. The molecule has 0 aromatic heterocycles. The zero-order valence-corrected chi connectivity index (χ0v) is 15.5. The molecule has 0 atom stereocenters. The Labute approximate surface area is 159 Å². The number of hydrogen-bond donors (Lipinski definition) is 3. The van der Waals surface area contributed by atoms with E-state index in [1.807, 2.05) is 25.1 Å². The smallest absolute Gasteiger partial charge is 0.243 e. The molecule has 3 N–H and O–H groups in total. The monoisotopic (exact) mass is 367 g/mol. The fourth-order valence-electron chi connectivity index (χ4n) is 2.33. The van der Waals surface area contributed by atoms with Crippen LogP contribution in [-0.4, -0.2) is 25.0 Å². The van der Waals surface area contributed by atoms with Crippen molar-refractivity contribution in [2.75, 3.05) is 29.1 Å². The van der Waals surface area contributed by atoms with E-state index < -0.39 is 0 Å². The number of ether oxygens (including phenoxy) is 1. The third kappa shape index (κ3) is 7.23. The standard InChI is InChI=1S/C21H25N3O3/c1-3-6-20(25)24-18-8-5-7-17(14-18)22-15-21(26)23-16-9-11-19(12-10-16)27-13-4-2/h4-5,7-12,14,22H,2-3,6,13,15H2,1H3,(H,23,26)(H,24,25). The first-order valence-electron chi connectivity index (χ1n) is 8.88. The van der Waals surface area contributed by atoms with E-state index in [0.29, 0.717) is 30.2 Å². The Balaban J connectivity index is 1.82. The Bertz CT molecular complexity index is 772. The zero-order chi connectivity index (χ0) is 19.5. The fraction of sp³-hybridized carbons (Fsp3) is 0.238. The summed E-state index contributed by atoms with van der Waals surface area (Å²) in [6, 6.07) is 14.4. The van der Waals surface area contributed by atoms with Gasteiger partial charge in [0, 0.05) is 23.5 Å². The maximum atomic E-state index is 12.1. The maximum Gasteiger partial charge on any atom is 0.243 e. The van der Waals surface area contributed by atoms with E-state index in [0.717, 1.165) is 12.1 Å². The van der Waals surface area contributed by atoms with Crippen LogP contribution in [0.3, 0.4) is 0 Å². The van der Waals surface area contributed by atoms with Crippen molar-refractivity contribution in [3.63, 3.8) is 0 Å². The van der Waals surface area contributed by atoms with Crippen LogP contribution in [0.25, 0.3) is 0 Å². The van der Waals surface area contributed by atoms with Crippen LogP contribution in [0.4, 0.5) is 17.1 Å². The Kier molecular flexibility index (Phi) is 7.91. The van der Waals surface area contributed by atoms with E-state index in [-0.39, 0.29) is 18.4 Å². The topological polar surface area (TPSA) is 79.5 Å². The lowest BCUT2D eigenvalue weighted by atomic mass is 10.2. The van der Waals surface area contributed by atoms with Crippen molar-refractivity contribution < 1.29 is 14.3 Å². The number of benzene rings is 2. The molecule has 0 spiro atoms. The largest absolute Gasteiger partial charge is 0.490 e. The molecule has 0 heterocycles. The van der Waals surface area contributed by atoms with Crippen molar-refractivity contribution in [3.05, 3.63) is 61.2 Å². The lowest BCUT2D eigenvalue weighted by Crippen LogP contribution is -2.21. The van der Waals surface area contributed by atoms with Gasteiger partial charge in [-0.2, -0.15) is 0 Å². The average Bonchev–Trinajstić information content (AvgIpc) is 2.66. The Morgan fingerprint density at radius 3 is 2.41 bits per heavy atom. The van der Waals surface area contributed by atoms with Crippen LogP contribution in [-0.2, 0) is 9.59 Å². The average molecular weight is 367 g/mol. The van der Waals surface area contributed by atoms with Crippen molar-refractivity contribution in [1.29, 1.82) is 0 Å². The Morgan fingerprint density at radius 2 is 1.70 bits per heavy atom. The van der Waals surface area contributed by atoms with Crippen LogP contribution in [0.2, 0.25) is 0 Å². The van der Waals surface area contributed by atoms with E-state index in [2.05, 4.69) is 22.5 Å². The molecule has 0 saturated carbocycles. The third-order valence-corrected chi connectivity index (χ3v) is 3.58. The highest BCUT2D eigenvalue weighted by Crippen LogP contribution is 2.17. The number of carbonyl (C=O) groups is 2. The molecule has 0 aliphatic rings. The SMILES string of the molecule is C=CCOc1ccc(NC(=O)CNc2cccc(NC(=O)CCC)c2)cc1. The van der Waals surface area contributed by atoms with Gasteiger partial charge in [-0.3, -0.25) is 9.59 Å². The van der Waals surface area contributed by atoms with Gasteiger partial charge in [0.2, 0.25) is 11.8 Å². The quantitative estimate of drug-likeness (QED) is 0.554. The van der Waals surface area contributed by atoms with E-state index in [9.17, 15) is 9.59 Å². The number of nitrogens with one attached hydrogen (secondary N) is 3. The minimum absolute atomic E-state index is 0.0205. The van der Waals surface area contributed by atoms with Crippen molar-refractivity contribution >= 4 is 28.9 Å². The van der Waals surface area contributed by atoms with Gasteiger partial charge in [0.1, 0.15) is 12.4 Å². The summed E-state index contributed by atoms with van der Waals surface area (Å²) in [5, 5.41) is 8.70. The van der Waals surface area contributed by atoms with Gasteiger partial charge in [0.15, 0.2) is 0 Å². The zero-order valence-electron chi connectivity index (χ0n) is 15.5. The molecule has 6 nitrogen and oxygen atoms in total. The first-order chi connectivity index (χ1) is 13.1. The summed E-state index contributed by atoms with van der Waals surface area (Å²) in [6.07, 6.45) is 2.95. The Morgan fingerprint density at radius 1 is 1.00 bits per heavy atom. The highest BCUT2D eigenvalue weighted by atomic mass is 16.5. The molecule has 2 aromatic rings. The highest BCUT2D eigenvalue weighted by Gasteiger charge is 2.05. The molecule has 0 aliphatic heterocycles. The molecule has 0 unspecified atom stereocenters. The molecule has 0 fully saturated rings. The summed E-state index contributed by atoms with van der Waals surface area (Å²) in [5.41, 5.74) is 2.15. The molecule has 0 aliphatic carbocycles. The maximum absolute atomic E-state index is 12.1. The summed E-state index contributed by atoms with van der Waals surface area (Å²) in [5.74, 6) is 0.524. The van der Waals surface area contributed by atoms with Crippen LogP contribution < -0.4 is 20.7 Å². The molecule has 0 bridgehead atoms. The van der Waals surface area contributed by atoms with Crippen molar-refractivity contribution in [2.24, 2.45) is 0 Å². The molecular weight excluding hydrogens is 342 g/mol. The number of rotatable bonds is 10. The normalized spacial score (nSPS) is 9.96. The van der Waals surface area contributed by atoms with E-state index in [1.54, 1.807) is 36.4 Å². The van der Waals surface area contributed by atoms with Crippen LogP contribution in [0.5, 0.6) is 5.75 Å². The highest BCUT2D eigenvalue weighted by molar-refractivity contribution is 5.94. The van der Waals surface area contributed by atoms with E-state index >= 15 is 0 Å². The molecule has 6 heteroatoms. The van der Waals surface area contributed by atoms with Crippen LogP contribution in [0.1, 0.15) is 19.8 Å². The minimum atomic E-state index is -0.171. The lowest BCUT2D eigenvalue weighted by Gasteiger charge is -2.10. The number of carbonyl (C=O) groups excluding carboxylic acids is 2. The molecule has 0 saturated heterocycles. The van der Waals surface area contributed by atoms with Gasteiger partial charge in [-0.1, -0.05) is 25.6 Å². The molecule has 2 amide bonds. The van der Waals surface area contributed by atoms with Crippen LogP contribution >= 0.6 is 0 Å². The molecular formula is C21H25N3O3. The van der Waals surface area contributed by atoms with E-state index in [1.165, 1.54) is 0 Å². The van der Waals surface area contributed by atoms with Gasteiger partial charge in [0.05, 0.1) is 6.54 Å². The number of anilines is 3. The second-order valence-electron chi connectivity index (χ2n) is 5.90. The first kappa shape index (κ1) is 20.0. The van der Waals surface area contributed by atoms with Gasteiger partial charge in [0.25, 0.3) is 0 Å². The summed E-state index contributed by atoms with van der Waals surface area (Å²) in [4.78, 5) is 23.8. The molecule has 0 radical (unpaired) electrons. The molecule has 2 rings (SSSR count). The lowest BCUT2D eigenvalue weighted by molar-refractivity contribution is -0.116. The predicted molar refractivity (Wildman–Crippen MR) is 109 cm³/mol. The van der Waals surface area contributed by atoms with Crippen molar-refractivity contribution in [1.82, 2.24) is 0 Å². The van der Waals surface area contributed by atoms with Gasteiger partial charge >= 0.3 is 0 Å². The predicted octanol–water partition coefficient (Wildman–Crippen LogP) is 4.04. The van der Waals surface area contributed by atoms with Gasteiger partial charge < -0.3 is 20.7 Å². The Hall–Kier alpha value is -3.28. The second-order valence-corrected chi connectivity index (χ2v) is 5.90. The molecule has 142 valence electrons. The summed E-state index contributed by atoms with van der Waals surface area (Å²) in [6.45, 7) is 6.10. The van der Waals surface area contributed by atoms with Crippen molar-refractivity contribution in [3.8, 4) is 5.75 Å². The van der Waals surface area contributed by atoms with Crippen LogP contribution in [0.15, 0.2) is 61.2 Å². The van der Waals surface area contributed by atoms with Crippen molar-refractivity contribution in [2.45, 2.75) is 19.8 Å². The van der Waals surface area contributed by atoms with E-state index in [4.69, 9.17) is 4.74 Å². The molecule has 2 aromatic carbocycles. The van der Waals surface area contributed by atoms with Gasteiger partial charge in [-0.05, 0) is 48.9 Å². The number of amides is 2. The van der Waals surface area contributed by atoms with Gasteiger partial charge in [-0.15, -0.1) is 0 Å². The summed E-state index contributed by atoms with van der Waals surface area (Å²) >= 11 is 0. The summed E-state index contributed by atoms with van der Waals surface area (Å²) < 4.78 is 5.40. The summed E-state index contributed by atoms with van der Waals surface area (Å²) in [7, 11) is 0. The fourth-order valence-corrected chi connectivity index (χ4v) is 2.33. The minimum Gasteiger partial charge on any atom is -0.490 e. The first-order valence-corrected chi connectivity index (χ1v) is 8.88. The third-order valence-electron chi connectivity index (χ3n) is 3.58.